The van der Waals surface area contributed by atoms with Crippen molar-refractivity contribution in [2.24, 2.45) is 5.73 Å². The van der Waals surface area contributed by atoms with Gasteiger partial charge in [-0.15, -0.1) is 0 Å². The lowest BCUT2D eigenvalue weighted by Gasteiger charge is -2.12. The molecule has 0 spiro atoms. The number of epoxide rings is 3. The van der Waals surface area contributed by atoms with E-state index < -0.39 is 0 Å². The minimum Gasteiger partial charge on any atom is -0.508 e. The van der Waals surface area contributed by atoms with Crippen LogP contribution >= 0.6 is 0 Å². The lowest BCUT2D eigenvalue weighted by atomic mass is 9.96. The Bertz CT molecular complexity index is 458. The quantitative estimate of drug-likeness (QED) is 0.406. The van der Waals surface area contributed by atoms with Crippen molar-refractivity contribution in [2.45, 2.75) is 31.2 Å². The highest BCUT2D eigenvalue weighted by Gasteiger charge is 2.29. The van der Waals surface area contributed by atoms with Gasteiger partial charge in [0.15, 0.2) is 0 Å². The van der Waals surface area contributed by atoms with Crippen molar-refractivity contribution in [2.75, 3.05) is 32.1 Å². The van der Waals surface area contributed by atoms with Gasteiger partial charge in [-0.2, -0.15) is 0 Å². The van der Waals surface area contributed by atoms with Gasteiger partial charge in [-0.3, -0.25) is 0 Å². The molecule has 0 amide bonds. The van der Waals surface area contributed by atoms with Gasteiger partial charge < -0.3 is 30.8 Å². The van der Waals surface area contributed by atoms with E-state index >= 15 is 0 Å². The third kappa shape index (κ3) is 4.31. The van der Waals surface area contributed by atoms with Crippen LogP contribution in [0.2, 0.25) is 0 Å². The van der Waals surface area contributed by atoms with Crippen molar-refractivity contribution in [1.29, 1.82) is 0 Å². The van der Waals surface area contributed by atoms with Crippen molar-refractivity contribution < 1.29 is 19.3 Å². The van der Waals surface area contributed by atoms with Crippen LogP contribution in [0.4, 0.5) is 5.69 Å². The molecule has 3 unspecified atom stereocenters. The molecule has 0 saturated carbocycles. The normalized spacial score (nSPS) is 28.5. The molecule has 1 aromatic rings. The molecule has 116 valence electrons. The minimum atomic E-state index is 0.256. The summed E-state index contributed by atoms with van der Waals surface area (Å²) >= 11 is 0. The number of phenolic OH excluding ortho intramolecular Hbond substituents is 1. The molecule has 6 heteroatoms. The van der Waals surface area contributed by atoms with Gasteiger partial charge in [0.05, 0.1) is 38.1 Å². The lowest BCUT2D eigenvalue weighted by molar-refractivity contribution is 0.396. The van der Waals surface area contributed by atoms with Gasteiger partial charge >= 0.3 is 0 Å². The molecule has 3 heterocycles. The molecule has 3 aliphatic rings. The summed E-state index contributed by atoms with van der Waals surface area (Å²) in [4.78, 5) is 0. The van der Waals surface area contributed by atoms with E-state index in [0.717, 1.165) is 49.5 Å². The Morgan fingerprint density at radius 3 is 1.90 bits per heavy atom. The summed E-state index contributed by atoms with van der Waals surface area (Å²) in [6, 6.07) is 3.41. The fourth-order valence-corrected chi connectivity index (χ4v) is 2.20. The smallest absolute Gasteiger partial charge is 0.119 e. The second kappa shape index (κ2) is 6.19. The molecule has 0 aliphatic carbocycles. The summed E-state index contributed by atoms with van der Waals surface area (Å²) < 4.78 is 15.1. The number of ether oxygens (including phenoxy) is 3. The maximum atomic E-state index is 9.87. The molecule has 3 saturated heterocycles. The number of nitrogens with two attached hydrogens (primary N) is 2. The molecule has 1 aromatic carbocycles. The van der Waals surface area contributed by atoms with Gasteiger partial charge in [-0.1, -0.05) is 0 Å². The summed E-state index contributed by atoms with van der Waals surface area (Å²) in [5.41, 5.74) is 13.8. The molecule has 5 N–H and O–H groups in total. The Hall–Kier alpha value is -1.34. The Labute approximate surface area is 124 Å². The van der Waals surface area contributed by atoms with E-state index in [1.807, 2.05) is 0 Å². The number of rotatable bonds is 5. The van der Waals surface area contributed by atoms with E-state index in [9.17, 15) is 5.11 Å². The van der Waals surface area contributed by atoms with Gasteiger partial charge in [0.2, 0.25) is 0 Å². The van der Waals surface area contributed by atoms with E-state index in [0.29, 0.717) is 18.4 Å². The van der Waals surface area contributed by atoms with Crippen LogP contribution in [-0.4, -0.2) is 49.8 Å². The second-order valence-corrected chi connectivity index (χ2v) is 5.64. The molecule has 3 atom stereocenters. The number of hydrogen-bond acceptors (Lipinski definition) is 6. The van der Waals surface area contributed by atoms with Gasteiger partial charge in [-0.25, -0.2) is 0 Å². The van der Waals surface area contributed by atoms with Gasteiger partial charge in [-0.05, 0) is 17.7 Å². The molecule has 3 fully saturated rings. The predicted octanol–water partition coefficient (Wildman–Crippen LogP) is 0.201. The Kier molecular flexibility index (Phi) is 4.30. The SMILES string of the molecule is NCC1CO1.Nc1ccc(O)c(CC2CO2)c1CC1CO1. The molecule has 3 aliphatic heterocycles. The van der Waals surface area contributed by atoms with E-state index in [-0.39, 0.29) is 12.2 Å². The van der Waals surface area contributed by atoms with Gasteiger partial charge in [0, 0.05) is 30.6 Å². The molecular weight excluding hydrogens is 272 g/mol. The first-order valence-corrected chi connectivity index (χ1v) is 7.31. The van der Waals surface area contributed by atoms with Crippen molar-refractivity contribution in [3.8, 4) is 5.75 Å². The van der Waals surface area contributed by atoms with Crippen LogP contribution in [-0.2, 0) is 27.1 Å². The van der Waals surface area contributed by atoms with Gasteiger partial charge in [0.25, 0.3) is 0 Å². The second-order valence-electron chi connectivity index (χ2n) is 5.64. The standard InChI is InChI=1S/C12H15NO3.C3H7NO/c13-11-1-2-12(14)10(4-8-6-16-8)9(11)3-7-5-15-7;4-1-3-2-5-3/h1-2,7-8,14H,3-6,13H2;3H,1-2,4H2. The topological polar surface area (TPSA) is 110 Å². The first-order chi connectivity index (χ1) is 10.2. The van der Waals surface area contributed by atoms with E-state index in [4.69, 9.17) is 25.7 Å². The third-order valence-corrected chi connectivity index (χ3v) is 3.78. The monoisotopic (exact) mass is 294 g/mol. The number of phenols is 1. The number of hydrogen-bond donors (Lipinski definition) is 3. The number of aromatic hydroxyl groups is 1. The van der Waals surface area contributed by atoms with Crippen LogP contribution in [0.1, 0.15) is 11.1 Å². The van der Waals surface area contributed by atoms with Gasteiger partial charge in [0.1, 0.15) is 5.75 Å². The Morgan fingerprint density at radius 2 is 1.48 bits per heavy atom. The van der Waals surface area contributed by atoms with Crippen molar-refractivity contribution >= 4 is 5.69 Å². The summed E-state index contributed by atoms with van der Waals surface area (Å²) in [5.74, 6) is 0.320. The zero-order valence-electron chi connectivity index (χ0n) is 12.0. The highest BCUT2D eigenvalue weighted by molar-refractivity contribution is 5.56. The molecule has 0 aromatic heterocycles. The summed E-state index contributed by atoms with van der Waals surface area (Å²) in [6.45, 7) is 3.17. The average molecular weight is 294 g/mol. The number of benzene rings is 1. The average Bonchev–Trinajstić information content (AvgIpc) is 3.34. The van der Waals surface area contributed by atoms with Crippen LogP contribution in [0.5, 0.6) is 5.75 Å². The molecule has 0 radical (unpaired) electrons. The molecule has 4 rings (SSSR count). The first kappa shape index (κ1) is 14.6. The van der Waals surface area contributed by atoms with Crippen LogP contribution in [0.3, 0.4) is 0 Å². The fourth-order valence-electron chi connectivity index (χ4n) is 2.20. The third-order valence-electron chi connectivity index (χ3n) is 3.78. The van der Waals surface area contributed by atoms with Crippen LogP contribution < -0.4 is 11.5 Å². The molecule has 21 heavy (non-hydrogen) atoms. The molecular formula is C15H22N2O4. The van der Waals surface area contributed by atoms with Crippen molar-refractivity contribution in [1.82, 2.24) is 0 Å². The molecule has 0 bridgehead atoms. The van der Waals surface area contributed by atoms with Crippen LogP contribution in [0.15, 0.2) is 12.1 Å². The number of nitrogen functional groups attached to an aromatic ring is 1. The molecule has 6 nitrogen and oxygen atoms in total. The van der Waals surface area contributed by atoms with E-state index in [1.165, 1.54) is 0 Å². The predicted molar refractivity (Wildman–Crippen MR) is 78.2 cm³/mol. The minimum absolute atomic E-state index is 0.256. The highest BCUT2D eigenvalue weighted by atomic mass is 16.6. The van der Waals surface area contributed by atoms with Crippen molar-refractivity contribution in [3.05, 3.63) is 23.3 Å². The zero-order chi connectivity index (χ0) is 14.8. The van der Waals surface area contributed by atoms with Crippen LogP contribution in [0.25, 0.3) is 0 Å². The summed E-state index contributed by atoms with van der Waals surface area (Å²) in [7, 11) is 0. The largest absolute Gasteiger partial charge is 0.508 e. The summed E-state index contributed by atoms with van der Waals surface area (Å²) in [6.07, 6.45) is 2.49. The van der Waals surface area contributed by atoms with Crippen molar-refractivity contribution in [3.63, 3.8) is 0 Å². The lowest BCUT2D eigenvalue weighted by Crippen LogP contribution is -2.06. The first-order valence-electron chi connectivity index (χ1n) is 7.31. The highest BCUT2D eigenvalue weighted by Crippen LogP contribution is 2.33. The Balaban J connectivity index is 0.000000225. The van der Waals surface area contributed by atoms with E-state index in [1.54, 1.807) is 12.1 Å². The van der Waals surface area contributed by atoms with Crippen LogP contribution in [0, 0.1) is 0 Å². The number of anilines is 1. The van der Waals surface area contributed by atoms with E-state index in [2.05, 4.69) is 0 Å². The maximum Gasteiger partial charge on any atom is 0.119 e. The summed E-state index contributed by atoms with van der Waals surface area (Å²) in [5, 5.41) is 9.87. The fraction of sp³-hybridized carbons (Fsp3) is 0.600. The zero-order valence-corrected chi connectivity index (χ0v) is 12.0. The maximum absolute atomic E-state index is 9.87. The Morgan fingerprint density at radius 1 is 0.952 bits per heavy atom.